The van der Waals surface area contributed by atoms with E-state index in [1.807, 2.05) is 19.9 Å². The Kier molecular flexibility index (Phi) is 4.29. The second-order valence-electron chi connectivity index (χ2n) is 5.83. The molecule has 3 rings (SSSR count). The highest BCUT2D eigenvalue weighted by atomic mass is 16.5. The van der Waals surface area contributed by atoms with Crippen LogP contribution in [0, 0.1) is 0 Å². The van der Waals surface area contributed by atoms with Crippen molar-refractivity contribution in [3.8, 4) is 11.5 Å². The number of nitrogens with one attached hydrogen (secondary N) is 2. The Balaban J connectivity index is 1.86. The molecule has 2 aromatic rings. The maximum absolute atomic E-state index is 12.4. The lowest BCUT2D eigenvalue weighted by molar-refractivity contribution is 0.101. The zero-order chi connectivity index (χ0) is 17.3. The summed E-state index contributed by atoms with van der Waals surface area (Å²) in [7, 11) is 0. The number of benzene rings is 1. The molecule has 0 bridgehead atoms. The molecule has 6 nitrogen and oxygen atoms in total. The van der Waals surface area contributed by atoms with Crippen LogP contribution >= 0.6 is 0 Å². The molecule has 0 saturated carbocycles. The first kappa shape index (κ1) is 16.1. The van der Waals surface area contributed by atoms with Crippen molar-refractivity contribution in [3.63, 3.8) is 0 Å². The predicted octanol–water partition coefficient (Wildman–Crippen LogP) is 3.19. The largest absolute Gasteiger partial charge is 0.492 e. The lowest BCUT2D eigenvalue weighted by Gasteiger charge is -2.13. The summed E-state index contributed by atoms with van der Waals surface area (Å²) in [6, 6.07) is 5.23. The summed E-state index contributed by atoms with van der Waals surface area (Å²) in [5.74, 6) is 0.937. The fourth-order valence-electron chi connectivity index (χ4n) is 2.73. The van der Waals surface area contributed by atoms with E-state index in [4.69, 9.17) is 9.47 Å². The maximum atomic E-state index is 12.4. The molecule has 1 unspecified atom stereocenters. The van der Waals surface area contributed by atoms with Gasteiger partial charge >= 0.3 is 0 Å². The molecule has 1 amide bonds. The molecule has 0 fully saturated rings. The second-order valence-corrected chi connectivity index (χ2v) is 5.83. The number of Topliss-reactive ketones (excluding diaryl/α,β-unsaturated/α-hetero) is 1. The van der Waals surface area contributed by atoms with Gasteiger partial charge < -0.3 is 19.8 Å². The third-order valence-electron chi connectivity index (χ3n) is 3.88. The molecule has 1 aliphatic heterocycles. The number of ether oxygens (including phenoxy) is 2. The Morgan fingerprint density at radius 3 is 2.83 bits per heavy atom. The van der Waals surface area contributed by atoms with Gasteiger partial charge in [-0.05, 0) is 32.9 Å². The van der Waals surface area contributed by atoms with Gasteiger partial charge in [-0.15, -0.1) is 0 Å². The molecule has 126 valence electrons. The van der Waals surface area contributed by atoms with Crippen molar-refractivity contribution in [2.24, 2.45) is 0 Å². The van der Waals surface area contributed by atoms with Crippen LogP contribution < -0.4 is 14.8 Å². The normalized spacial score (nSPS) is 15.5. The first-order valence-electron chi connectivity index (χ1n) is 7.95. The Bertz CT molecular complexity index is 794. The molecule has 2 heterocycles. The van der Waals surface area contributed by atoms with Gasteiger partial charge in [0, 0.05) is 29.8 Å². The van der Waals surface area contributed by atoms with Crippen molar-refractivity contribution >= 4 is 17.4 Å². The van der Waals surface area contributed by atoms with Crippen molar-refractivity contribution in [1.82, 2.24) is 4.98 Å². The van der Waals surface area contributed by atoms with E-state index in [0.717, 1.165) is 17.7 Å². The summed E-state index contributed by atoms with van der Waals surface area (Å²) in [6.07, 6.45) is 2.46. The van der Waals surface area contributed by atoms with Gasteiger partial charge in [-0.25, -0.2) is 0 Å². The number of fused-ring (bicyclic) bond motifs is 1. The molecule has 0 radical (unpaired) electrons. The van der Waals surface area contributed by atoms with E-state index in [9.17, 15) is 9.59 Å². The molecule has 0 saturated heterocycles. The van der Waals surface area contributed by atoms with E-state index in [1.165, 1.54) is 19.2 Å². The number of hydrogen-bond acceptors (Lipinski definition) is 4. The van der Waals surface area contributed by atoms with Crippen LogP contribution in [0.25, 0.3) is 0 Å². The fraction of sp³-hybridized carbons (Fsp3) is 0.333. The van der Waals surface area contributed by atoms with Crippen LogP contribution in [0.4, 0.5) is 5.69 Å². The van der Waals surface area contributed by atoms with E-state index in [0.29, 0.717) is 29.3 Å². The molecule has 1 aromatic heterocycles. The third-order valence-corrected chi connectivity index (χ3v) is 3.88. The molecule has 0 aliphatic carbocycles. The number of hydrogen-bond donors (Lipinski definition) is 2. The van der Waals surface area contributed by atoms with Crippen molar-refractivity contribution in [2.75, 3.05) is 11.9 Å². The second kappa shape index (κ2) is 6.39. The summed E-state index contributed by atoms with van der Waals surface area (Å²) in [5.41, 5.74) is 2.41. The number of aromatic nitrogens is 1. The standard InChI is InChI=1S/C18H20N2O4/c1-4-23-17-7-12-5-10(2)24-16(12)8-14(17)20-18(22)15-6-13(9-19-15)11(3)21/h6-10,19H,4-5H2,1-3H3,(H,20,22). The van der Waals surface area contributed by atoms with Crippen molar-refractivity contribution < 1.29 is 19.1 Å². The van der Waals surface area contributed by atoms with Crippen LogP contribution in [0.5, 0.6) is 11.5 Å². The molecule has 0 spiro atoms. The summed E-state index contributed by atoms with van der Waals surface area (Å²) >= 11 is 0. The summed E-state index contributed by atoms with van der Waals surface area (Å²) in [5, 5.41) is 2.82. The SMILES string of the molecule is CCOc1cc2c(cc1NC(=O)c1cc(C(C)=O)c[nH]1)OC(C)C2. The van der Waals surface area contributed by atoms with Crippen molar-refractivity contribution in [2.45, 2.75) is 33.3 Å². The van der Waals surface area contributed by atoms with Crippen molar-refractivity contribution in [3.05, 3.63) is 41.2 Å². The van der Waals surface area contributed by atoms with Gasteiger partial charge in [-0.1, -0.05) is 0 Å². The number of anilines is 1. The van der Waals surface area contributed by atoms with Gasteiger partial charge in [-0.2, -0.15) is 0 Å². The minimum atomic E-state index is -0.338. The molecule has 6 heteroatoms. The van der Waals surface area contributed by atoms with E-state index < -0.39 is 0 Å². The number of H-pyrrole nitrogens is 1. The lowest BCUT2D eigenvalue weighted by atomic mass is 10.1. The van der Waals surface area contributed by atoms with Gasteiger partial charge in [0.1, 0.15) is 23.3 Å². The monoisotopic (exact) mass is 328 g/mol. The Hall–Kier alpha value is -2.76. The van der Waals surface area contributed by atoms with Crippen LogP contribution in [0.15, 0.2) is 24.4 Å². The predicted molar refractivity (Wildman–Crippen MR) is 90.2 cm³/mol. The summed E-state index contributed by atoms with van der Waals surface area (Å²) < 4.78 is 11.4. The van der Waals surface area contributed by atoms with Gasteiger partial charge in [0.05, 0.1) is 12.3 Å². The summed E-state index contributed by atoms with van der Waals surface area (Å²) in [4.78, 5) is 26.6. The van der Waals surface area contributed by atoms with Gasteiger partial charge in [-0.3, -0.25) is 9.59 Å². The van der Waals surface area contributed by atoms with Crippen molar-refractivity contribution in [1.29, 1.82) is 0 Å². The number of rotatable bonds is 5. The number of ketones is 1. The van der Waals surface area contributed by atoms with E-state index in [-0.39, 0.29) is 17.8 Å². The Labute approximate surface area is 140 Å². The summed E-state index contributed by atoms with van der Waals surface area (Å²) in [6.45, 7) is 5.84. The number of aromatic amines is 1. The van der Waals surface area contributed by atoms with E-state index in [1.54, 1.807) is 6.07 Å². The lowest BCUT2D eigenvalue weighted by Crippen LogP contribution is -2.13. The minimum Gasteiger partial charge on any atom is -0.492 e. The Morgan fingerprint density at radius 2 is 2.17 bits per heavy atom. The zero-order valence-electron chi connectivity index (χ0n) is 13.9. The van der Waals surface area contributed by atoms with E-state index in [2.05, 4.69) is 10.3 Å². The average Bonchev–Trinajstić information content (AvgIpc) is 3.13. The van der Waals surface area contributed by atoms with E-state index >= 15 is 0 Å². The smallest absolute Gasteiger partial charge is 0.272 e. The highest BCUT2D eigenvalue weighted by Crippen LogP contribution is 2.38. The number of carbonyl (C=O) groups excluding carboxylic acids is 2. The molecule has 1 aliphatic rings. The number of amides is 1. The zero-order valence-corrected chi connectivity index (χ0v) is 13.9. The van der Waals surface area contributed by atoms with Gasteiger partial charge in [0.15, 0.2) is 5.78 Å². The van der Waals surface area contributed by atoms with Crippen LogP contribution in [-0.4, -0.2) is 29.4 Å². The first-order valence-corrected chi connectivity index (χ1v) is 7.95. The molecule has 1 atom stereocenters. The molecule has 2 N–H and O–H groups in total. The van der Waals surface area contributed by atoms with Crippen LogP contribution in [0.1, 0.15) is 47.2 Å². The average molecular weight is 328 g/mol. The molecule has 24 heavy (non-hydrogen) atoms. The fourth-order valence-corrected chi connectivity index (χ4v) is 2.73. The Morgan fingerprint density at radius 1 is 1.38 bits per heavy atom. The van der Waals surface area contributed by atoms with Gasteiger partial charge in [0.2, 0.25) is 0 Å². The quantitative estimate of drug-likeness (QED) is 0.826. The minimum absolute atomic E-state index is 0.0970. The highest BCUT2D eigenvalue weighted by Gasteiger charge is 2.23. The van der Waals surface area contributed by atoms with Gasteiger partial charge in [0.25, 0.3) is 5.91 Å². The topological polar surface area (TPSA) is 80.4 Å². The molecule has 1 aromatic carbocycles. The third kappa shape index (κ3) is 3.13. The van der Waals surface area contributed by atoms with Crippen LogP contribution in [-0.2, 0) is 6.42 Å². The highest BCUT2D eigenvalue weighted by molar-refractivity contribution is 6.06. The van der Waals surface area contributed by atoms with Crippen LogP contribution in [0.3, 0.4) is 0 Å². The first-order chi connectivity index (χ1) is 11.5. The van der Waals surface area contributed by atoms with Crippen LogP contribution in [0.2, 0.25) is 0 Å². The number of carbonyl (C=O) groups is 2. The molecular formula is C18H20N2O4. The molecular weight excluding hydrogens is 308 g/mol. The maximum Gasteiger partial charge on any atom is 0.272 e.